The van der Waals surface area contributed by atoms with Gasteiger partial charge in [-0.25, -0.2) is 0 Å². The van der Waals surface area contributed by atoms with Crippen molar-refractivity contribution in [2.24, 2.45) is 0 Å². The summed E-state index contributed by atoms with van der Waals surface area (Å²) >= 11 is 11.0. The third kappa shape index (κ3) is 1.57. The molecule has 2 saturated heterocycles. The first kappa shape index (κ1) is 12.1. The molecule has 15 heavy (non-hydrogen) atoms. The number of hydrogen-bond acceptors (Lipinski definition) is 3. The molecule has 0 N–H and O–H groups in total. The molecule has 0 aromatic carbocycles. The predicted molar refractivity (Wildman–Crippen MR) is 70.3 cm³/mol. The second-order valence-corrected chi connectivity index (χ2v) is 8.50. The van der Waals surface area contributed by atoms with Crippen molar-refractivity contribution in [3.63, 3.8) is 0 Å². The van der Waals surface area contributed by atoms with Crippen LogP contribution in [0.5, 0.6) is 0 Å². The largest absolute Gasteiger partial charge is 0.290 e. The van der Waals surface area contributed by atoms with Crippen LogP contribution in [0.2, 0.25) is 0 Å². The molecule has 1 atom stereocenters. The number of fused-ring (bicyclic) bond motifs is 1. The van der Waals surface area contributed by atoms with Gasteiger partial charge in [-0.05, 0) is 12.5 Å². The summed E-state index contributed by atoms with van der Waals surface area (Å²) < 4.78 is -0.769. The van der Waals surface area contributed by atoms with Crippen LogP contribution in [0.15, 0.2) is 11.3 Å². The number of rotatable bonds is 1. The summed E-state index contributed by atoms with van der Waals surface area (Å²) in [6.45, 7) is 1.85. The van der Waals surface area contributed by atoms with E-state index < -0.39 is 3.23 Å². The zero-order chi connectivity index (χ0) is 11.4. The Balaban J connectivity index is 2.41. The van der Waals surface area contributed by atoms with Gasteiger partial charge in [-0.3, -0.25) is 14.5 Å². The topological polar surface area (TPSA) is 37.4 Å². The molecule has 0 aromatic rings. The van der Waals surface area contributed by atoms with Crippen molar-refractivity contribution >= 4 is 70.6 Å². The molecule has 2 heterocycles. The molecule has 0 radical (unpaired) electrons. The first-order valence-electron chi connectivity index (χ1n) is 4.09. The van der Waals surface area contributed by atoms with Crippen LogP contribution in [0, 0.1) is 0 Å². The third-order valence-corrected chi connectivity index (χ3v) is 6.49. The van der Waals surface area contributed by atoms with Crippen LogP contribution in [0.25, 0.3) is 0 Å². The van der Waals surface area contributed by atoms with Crippen molar-refractivity contribution in [1.29, 1.82) is 0 Å². The minimum Gasteiger partial charge on any atom is -0.290 e. The average Bonchev–Trinajstić information content (AvgIpc) is 2.53. The number of carbonyl (C=O) groups is 2. The summed E-state index contributed by atoms with van der Waals surface area (Å²) in [5.41, 5.74) is 1.42. The van der Waals surface area contributed by atoms with Gasteiger partial charge in [0.05, 0.1) is 5.70 Å². The predicted octanol–water partition coefficient (Wildman–Crippen LogP) is 2.58. The molecule has 82 valence electrons. The van der Waals surface area contributed by atoms with Crippen molar-refractivity contribution < 1.29 is 9.59 Å². The van der Waals surface area contributed by atoms with Crippen LogP contribution < -0.4 is 0 Å². The lowest BCUT2D eigenvalue weighted by molar-refractivity contribution is -0.138. The molecule has 2 fully saturated rings. The number of alkyl halides is 3. The van der Waals surface area contributed by atoms with Crippen LogP contribution >= 0.6 is 59.6 Å². The van der Waals surface area contributed by atoms with E-state index in [4.69, 9.17) is 0 Å². The van der Waals surface area contributed by atoms with Crippen LogP contribution in [-0.4, -0.2) is 29.9 Å². The maximum atomic E-state index is 11.8. The van der Waals surface area contributed by atoms with Gasteiger partial charge in [0.25, 0.3) is 5.91 Å². The summed E-state index contributed by atoms with van der Waals surface area (Å²) in [6.07, 6.45) is 0. The number of allylic oxidation sites excluding steroid dienone is 1. The molecule has 2 aliphatic rings. The second kappa shape index (κ2) is 3.85. The van der Waals surface area contributed by atoms with Crippen LogP contribution in [-0.2, 0) is 9.59 Å². The molecule has 2 aliphatic heterocycles. The van der Waals surface area contributed by atoms with E-state index in [1.54, 1.807) is 4.90 Å². The Morgan fingerprint density at radius 1 is 1.53 bits per heavy atom. The monoisotopic (exact) mass is 417 g/mol. The fourth-order valence-electron chi connectivity index (χ4n) is 1.51. The van der Waals surface area contributed by atoms with Gasteiger partial charge in [-0.15, -0.1) is 0 Å². The molecular formula is C8H6Br3NO2S. The Bertz CT molecular complexity index is 393. The zero-order valence-corrected chi connectivity index (χ0v) is 13.2. The second-order valence-electron chi connectivity index (χ2n) is 3.32. The SMILES string of the molecule is C/C(CBr)=C1\C(=O)S[C@H]2N1C(=O)C2(Br)Br. The molecule has 0 aliphatic carbocycles. The van der Waals surface area contributed by atoms with E-state index in [0.717, 1.165) is 5.57 Å². The Kier molecular flexibility index (Phi) is 3.12. The summed E-state index contributed by atoms with van der Waals surface area (Å²) in [5, 5.41) is 0.399. The van der Waals surface area contributed by atoms with Gasteiger partial charge in [0, 0.05) is 5.33 Å². The van der Waals surface area contributed by atoms with Gasteiger partial charge in [-0.1, -0.05) is 59.6 Å². The smallest absolute Gasteiger partial charge is 0.259 e. The molecular weight excluding hydrogens is 414 g/mol. The molecule has 7 heteroatoms. The van der Waals surface area contributed by atoms with Gasteiger partial charge in [0.15, 0.2) is 3.23 Å². The van der Waals surface area contributed by atoms with E-state index in [1.807, 2.05) is 6.92 Å². The van der Waals surface area contributed by atoms with Crippen LogP contribution in [0.3, 0.4) is 0 Å². The van der Waals surface area contributed by atoms with Crippen molar-refractivity contribution in [1.82, 2.24) is 4.90 Å². The zero-order valence-electron chi connectivity index (χ0n) is 7.59. The highest BCUT2D eigenvalue weighted by Crippen LogP contribution is 2.56. The van der Waals surface area contributed by atoms with Crippen molar-refractivity contribution in [2.45, 2.75) is 15.5 Å². The minimum atomic E-state index is -0.769. The Hall–Kier alpha value is 0.670. The number of amides is 1. The lowest BCUT2D eigenvalue weighted by Gasteiger charge is -2.44. The number of hydrogen-bond donors (Lipinski definition) is 0. The van der Waals surface area contributed by atoms with E-state index in [1.165, 1.54) is 11.8 Å². The first-order chi connectivity index (χ1) is 6.91. The van der Waals surface area contributed by atoms with Crippen molar-refractivity contribution in [2.75, 3.05) is 5.33 Å². The molecule has 0 saturated carbocycles. The normalized spacial score (nSPS) is 31.5. The fourth-order valence-corrected chi connectivity index (χ4v) is 4.27. The number of nitrogens with zero attached hydrogens (tertiary/aromatic N) is 1. The lowest BCUT2D eigenvalue weighted by atomic mass is 10.1. The van der Waals surface area contributed by atoms with Gasteiger partial charge in [0.2, 0.25) is 5.12 Å². The molecule has 0 spiro atoms. The Morgan fingerprint density at radius 2 is 2.13 bits per heavy atom. The number of halogens is 3. The Labute approximate surface area is 116 Å². The maximum Gasteiger partial charge on any atom is 0.259 e. The number of β-lactam (4-membered cyclic amide) rings is 1. The standard InChI is InChI=1S/C8H6Br3NO2S/c1-3(2-9)4-5(13)15-7-8(10,11)6(14)12(4)7/h7H,2H2,1H3/b4-3-/t7-/m1/s1. The molecule has 0 bridgehead atoms. The van der Waals surface area contributed by atoms with Gasteiger partial charge in [-0.2, -0.15) is 0 Å². The highest BCUT2D eigenvalue weighted by molar-refractivity contribution is 9.26. The molecule has 1 amide bonds. The van der Waals surface area contributed by atoms with E-state index >= 15 is 0 Å². The quantitative estimate of drug-likeness (QED) is 0.372. The molecule has 2 rings (SSSR count). The molecule has 0 unspecified atom stereocenters. The molecule has 3 nitrogen and oxygen atoms in total. The van der Waals surface area contributed by atoms with Gasteiger partial charge in [0.1, 0.15) is 5.37 Å². The van der Waals surface area contributed by atoms with Crippen LogP contribution in [0.1, 0.15) is 6.92 Å². The lowest BCUT2D eigenvalue weighted by Crippen LogP contribution is -2.63. The summed E-state index contributed by atoms with van der Waals surface area (Å²) in [4.78, 5) is 25.0. The first-order valence-corrected chi connectivity index (χ1v) is 7.68. The van der Waals surface area contributed by atoms with Crippen molar-refractivity contribution in [3.8, 4) is 0 Å². The van der Waals surface area contributed by atoms with E-state index in [-0.39, 0.29) is 16.4 Å². The van der Waals surface area contributed by atoms with E-state index in [2.05, 4.69) is 47.8 Å². The Morgan fingerprint density at radius 3 is 2.67 bits per heavy atom. The van der Waals surface area contributed by atoms with Gasteiger partial charge < -0.3 is 0 Å². The number of thioether (sulfide) groups is 1. The maximum absolute atomic E-state index is 11.8. The number of carbonyl (C=O) groups excluding carboxylic acids is 2. The summed E-state index contributed by atoms with van der Waals surface area (Å²) in [7, 11) is 0. The molecule has 0 aromatic heterocycles. The van der Waals surface area contributed by atoms with Crippen molar-refractivity contribution in [3.05, 3.63) is 11.3 Å². The third-order valence-electron chi connectivity index (χ3n) is 2.31. The minimum absolute atomic E-state index is 0.0360. The highest BCUT2D eigenvalue weighted by Gasteiger charge is 2.65. The van der Waals surface area contributed by atoms with E-state index in [0.29, 0.717) is 11.0 Å². The van der Waals surface area contributed by atoms with E-state index in [9.17, 15) is 9.59 Å². The fraction of sp³-hybridized carbons (Fsp3) is 0.500. The summed E-state index contributed by atoms with van der Waals surface area (Å²) in [5.74, 6) is -0.110. The summed E-state index contributed by atoms with van der Waals surface area (Å²) in [6, 6.07) is 0. The average molecular weight is 420 g/mol. The highest BCUT2D eigenvalue weighted by atomic mass is 79.9. The van der Waals surface area contributed by atoms with Gasteiger partial charge >= 0.3 is 0 Å². The van der Waals surface area contributed by atoms with Crippen LogP contribution in [0.4, 0.5) is 0 Å².